The molecule has 176 valence electrons. The first-order chi connectivity index (χ1) is 16.4. The molecule has 1 aromatic heterocycles. The van der Waals surface area contributed by atoms with Crippen molar-refractivity contribution in [3.63, 3.8) is 0 Å². The average molecular weight is 480 g/mol. The molecule has 3 aromatic carbocycles. The Morgan fingerprint density at radius 1 is 0.794 bits per heavy atom. The first-order valence-corrected chi connectivity index (χ1v) is 12.1. The third-order valence-electron chi connectivity index (χ3n) is 5.38. The number of methoxy groups -OCH3 is 2. The molecule has 4 aromatic rings. The second-order valence-corrected chi connectivity index (χ2v) is 9.24. The van der Waals surface area contributed by atoms with E-state index in [0.29, 0.717) is 11.5 Å². The topological polar surface area (TPSA) is 87.9 Å². The van der Waals surface area contributed by atoms with Gasteiger partial charge < -0.3 is 14.0 Å². The van der Waals surface area contributed by atoms with Gasteiger partial charge in [-0.05, 0) is 61.0 Å². The molecule has 0 aliphatic carbocycles. The van der Waals surface area contributed by atoms with Gasteiger partial charge in [0.05, 0.1) is 31.3 Å². The van der Waals surface area contributed by atoms with E-state index in [2.05, 4.69) is 5.16 Å². The Labute approximate surface area is 199 Å². The molecular weight excluding hydrogens is 454 g/mol. The quantitative estimate of drug-likeness (QED) is 0.302. The summed E-state index contributed by atoms with van der Waals surface area (Å²) in [6.45, 7) is 1.80. The highest BCUT2D eigenvalue weighted by Crippen LogP contribution is 2.36. The van der Waals surface area contributed by atoms with Gasteiger partial charge in [0.15, 0.2) is 0 Å². The molecule has 0 amide bonds. The highest BCUT2D eigenvalue weighted by Gasteiger charge is 2.21. The predicted octanol–water partition coefficient (Wildman–Crippen LogP) is 5.28. The van der Waals surface area contributed by atoms with Gasteiger partial charge in [-0.3, -0.25) is 4.18 Å². The monoisotopic (exact) mass is 479 g/mol. The van der Waals surface area contributed by atoms with Crippen molar-refractivity contribution in [1.29, 1.82) is 0 Å². The number of aromatic nitrogens is 1. The molecule has 0 fully saturated rings. The molecule has 0 radical (unpaired) electrons. The molecule has 0 aliphatic rings. The van der Waals surface area contributed by atoms with Crippen LogP contribution in [0.15, 0.2) is 82.2 Å². The predicted molar refractivity (Wildman–Crippen MR) is 128 cm³/mol. The van der Waals surface area contributed by atoms with Crippen LogP contribution in [0.1, 0.15) is 11.3 Å². The number of nitrogens with zero attached hydrogens (tertiary/aromatic N) is 1. The summed E-state index contributed by atoms with van der Waals surface area (Å²) < 4.78 is 46.6. The lowest BCUT2D eigenvalue weighted by molar-refractivity contribution is 0.299. The van der Waals surface area contributed by atoms with Crippen LogP contribution in [0.4, 0.5) is 0 Å². The van der Waals surface area contributed by atoms with Crippen molar-refractivity contribution in [2.45, 2.75) is 18.2 Å². The molecule has 0 unspecified atom stereocenters. The van der Waals surface area contributed by atoms with E-state index in [4.69, 9.17) is 18.2 Å². The van der Waals surface area contributed by atoms with E-state index in [1.165, 1.54) is 12.1 Å². The Hall–Kier alpha value is -3.62. The van der Waals surface area contributed by atoms with Crippen LogP contribution in [-0.4, -0.2) is 34.4 Å². The van der Waals surface area contributed by atoms with Gasteiger partial charge in [-0.25, -0.2) is 0 Å². The van der Waals surface area contributed by atoms with Crippen molar-refractivity contribution in [3.05, 3.63) is 84.1 Å². The highest BCUT2D eigenvalue weighted by molar-refractivity contribution is 7.86. The summed E-state index contributed by atoms with van der Waals surface area (Å²) in [5.41, 5.74) is 4.09. The van der Waals surface area contributed by atoms with Gasteiger partial charge in [0, 0.05) is 12.0 Å². The Morgan fingerprint density at radius 2 is 1.35 bits per heavy atom. The summed E-state index contributed by atoms with van der Waals surface area (Å²) in [7, 11) is -0.666. The summed E-state index contributed by atoms with van der Waals surface area (Å²) in [6.07, 6.45) is 0.218. The fourth-order valence-corrected chi connectivity index (χ4v) is 4.42. The van der Waals surface area contributed by atoms with Gasteiger partial charge in [-0.15, -0.1) is 0 Å². The number of benzene rings is 3. The van der Waals surface area contributed by atoms with Crippen LogP contribution in [0.5, 0.6) is 11.5 Å². The molecule has 0 bridgehead atoms. The van der Waals surface area contributed by atoms with Crippen molar-refractivity contribution in [2.24, 2.45) is 0 Å². The third kappa shape index (κ3) is 5.13. The molecule has 0 saturated heterocycles. The summed E-state index contributed by atoms with van der Waals surface area (Å²) >= 11 is 0. The third-order valence-corrected chi connectivity index (χ3v) is 6.71. The number of rotatable bonds is 9. The van der Waals surface area contributed by atoms with E-state index in [0.717, 1.165) is 33.8 Å². The minimum atomic E-state index is -3.88. The van der Waals surface area contributed by atoms with E-state index in [1.54, 1.807) is 26.4 Å². The second-order valence-electron chi connectivity index (χ2n) is 7.63. The van der Waals surface area contributed by atoms with Crippen LogP contribution < -0.4 is 9.47 Å². The smallest absolute Gasteiger partial charge is 0.296 e. The van der Waals surface area contributed by atoms with Crippen LogP contribution in [0, 0.1) is 6.92 Å². The molecule has 0 N–H and O–H groups in total. The van der Waals surface area contributed by atoms with Gasteiger partial charge in [0.2, 0.25) is 0 Å². The SMILES string of the molecule is COc1ccc(-c2noc(CCOS(=O)(=O)c3ccc(C)cc3)c2-c2ccc(OC)cc2)cc1. The summed E-state index contributed by atoms with van der Waals surface area (Å²) in [5.74, 6) is 1.98. The molecule has 8 heteroatoms. The van der Waals surface area contributed by atoms with Crippen molar-refractivity contribution in [3.8, 4) is 33.9 Å². The fourth-order valence-electron chi connectivity index (χ4n) is 3.51. The van der Waals surface area contributed by atoms with Crippen molar-refractivity contribution >= 4 is 10.1 Å². The van der Waals surface area contributed by atoms with Crippen LogP contribution in [0.3, 0.4) is 0 Å². The Balaban J connectivity index is 1.62. The van der Waals surface area contributed by atoms with Gasteiger partial charge in [0.25, 0.3) is 10.1 Å². The van der Waals surface area contributed by atoms with Gasteiger partial charge in [0.1, 0.15) is 23.0 Å². The van der Waals surface area contributed by atoms with E-state index in [1.807, 2.05) is 55.5 Å². The minimum absolute atomic E-state index is 0.0867. The van der Waals surface area contributed by atoms with Crippen LogP contribution in [0.25, 0.3) is 22.4 Å². The molecular formula is C26H25NO6S. The van der Waals surface area contributed by atoms with Crippen molar-refractivity contribution in [1.82, 2.24) is 5.16 Å². The lowest BCUT2D eigenvalue weighted by atomic mass is 9.98. The molecule has 0 atom stereocenters. The normalized spacial score (nSPS) is 11.4. The fraction of sp³-hybridized carbons (Fsp3) is 0.192. The first-order valence-electron chi connectivity index (χ1n) is 10.6. The van der Waals surface area contributed by atoms with Crippen LogP contribution >= 0.6 is 0 Å². The van der Waals surface area contributed by atoms with Crippen molar-refractivity contribution in [2.75, 3.05) is 20.8 Å². The average Bonchev–Trinajstić information content (AvgIpc) is 3.28. The lowest BCUT2D eigenvalue weighted by Gasteiger charge is -2.08. The maximum atomic E-state index is 12.6. The number of aryl methyl sites for hydroxylation is 1. The van der Waals surface area contributed by atoms with E-state index < -0.39 is 10.1 Å². The number of hydrogen-bond acceptors (Lipinski definition) is 7. The zero-order valence-electron chi connectivity index (χ0n) is 19.1. The Morgan fingerprint density at radius 3 is 1.91 bits per heavy atom. The standard InChI is InChI=1S/C26H25NO6S/c1-18-4-14-23(15-5-18)34(28,29)32-17-16-24-25(19-6-10-21(30-2)11-7-19)26(27-33-24)20-8-12-22(31-3)13-9-20/h4-15H,16-17H2,1-3H3. The second kappa shape index (κ2) is 10.1. The van der Waals surface area contributed by atoms with Gasteiger partial charge in [-0.2, -0.15) is 8.42 Å². The van der Waals surface area contributed by atoms with Crippen LogP contribution in [-0.2, 0) is 20.7 Å². The minimum Gasteiger partial charge on any atom is -0.497 e. The van der Waals surface area contributed by atoms with Gasteiger partial charge >= 0.3 is 0 Å². The van der Waals surface area contributed by atoms with Crippen molar-refractivity contribution < 1.29 is 26.6 Å². The van der Waals surface area contributed by atoms with Crippen LogP contribution in [0.2, 0.25) is 0 Å². The summed E-state index contributed by atoms with van der Waals surface area (Å²) in [6, 6.07) is 21.5. The maximum Gasteiger partial charge on any atom is 0.296 e. The van der Waals surface area contributed by atoms with E-state index in [9.17, 15) is 8.42 Å². The van der Waals surface area contributed by atoms with Gasteiger partial charge in [-0.1, -0.05) is 35.0 Å². The molecule has 0 spiro atoms. The largest absolute Gasteiger partial charge is 0.497 e. The zero-order valence-corrected chi connectivity index (χ0v) is 20.0. The zero-order chi connectivity index (χ0) is 24.1. The molecule has 0 saturated carbocycles. The Bertz CT molecular complexity index is 1340. The summed E-state index contributed by atoms with van der Waals surface area (Å²) in [5, 5.41) is 4.29. The lowest BCUT2D eigenvalue weighted by Crippen LogP contribution is -2.09. The highest BCUT2D eigenvalue weighted by atomic mass is 32.2. The first kappa shape index (κ1) is 23.5. The number of hydrogen-bond donors (Lipinski definition) is 0. The van der Waals surface area contributed by atoms with E-state index >= 15 is 0 Å². The molecule has 7 nitrogen and oxygen atoms in total. The Kier molecular flexibility index (Phi) is 7.00. The molecule has 1 heterocycles. The molecule has 4 rings (SSSR count). The molecule has 0 aliphatic heterocycles. The maximum absolute atomic E-state index is 12.6. The number of ether oxygens (including phenoxy) is 2. The molecule has 34 heavy (non-hydrogen) atoms. The summed E-state index contributed by atoms with van der Waals surface area (Å²) in [4.78, 5) is 0.116. The van der Waals surface area contributed by atoms with E-state index in [-0.39, 0.29) is 17.9 Å².